The molecular weight excluding hydrogens is 394 g/mol. The van der Waals surface area contributed by atoms with Crippen molar-refractivity contribution in [2.75, 3.05) is 6.54 Å². The van der Waals surface area contributed by atoms with Crippen molar-refractivity contribution in [1.82, 2.24) is 24.6 Å². The highest BCUT2D eigenvalue weighted by Crippen LogP contribution is 2.13. The molecular formula is C23H23N5O3. The Hall–Kier alpha value is -3.94. The molecule has 0 unspecified atom stereocenters. The second kappa shape index (κ2) is 8.43. The molecule has 0 spiro atoms. The molecule has 4 aromatic rings. The first-order valence-electron chi connectivity index (χ1n) is 10.0. The molecule has 0 fully saturated rings. The summed E-state index contributed by atoms with van der Waals surface area (Å²) in [7, 11) is 0. The molecule has 0 aliphatic carbocycles. The fourth-order valence-corrected chi connectivity index (χ4v) is 3.64. The number of amides is 1. The van der Waals surface area contributed by atoms with Gasteiger partial charge in [0.2, 0.25) is 5.91 Å². The van der Waals surface area contributed by atoms with Gasteiger partial charge in [-0.3, -0.25) is 19.1 Å². The number of para-hydroxylation sites is 1. The summed E-state index contributed by atoms with van der Waals surface area (Å²) in [6, 6.07) is 16.8. The van der Waals surface area contributed by atoms with E-state index in [0.717, 1.165) is 22.6 Å². The van der Waals surface area contributed by atoms with E-state index in [4.69, 9.17) is 0 Å². The third-order valence-corrected chi connectivity index (χ3v) is 5.13. The molecule has 2 heterocycles. The Morgan fingerprint density at radius 1 is 1.06 bits per heavy atom. The van der Waals surface area contributed by atoms with E-state index in [1.807, 2.05) is 48.9 Å². The van der Waals surface area contributed by atoms with E-state index < -0.39 is 11.2 Å². The van der Waals surface area contributed by atoms with Gasteiger partial charge in [-0.25, -0.2) is 9.48 Å². The van der Waals surface area contributed by atoms with E-state index in [1.54, 1.807) is 24.3 Å². The number of fused-ring (bicyclic) bond motifs is 1. The average Bonchev–Trinajstić information content (AvgIpc) is 3.09. The van der Waals surface area contributed by atoms with Gasteiger partial charge in [0.25, 0.3) is 5.56 Å². The summed E-state index contributed by atoms with van der Waals surface area (Å²) in [5.74, 6) is -0.293. The van der Waals surface area contributed by atoms with Crippen LogP contribution in [0.15, 0.2) is 64.2 Å². The standard InChI is InChI=1S/C23H23N5O3/c1-15-13-16(2)28(26-15)18-9-7-17(8-10-18)11-12-24-21(29)14-27-20-6-4-3-5-19(20)22(30)25-23(27)31/h3-10,13H,11-12,14H2,1-2H3,(H,24,29)(H,25,30,31). The molecule has 0 bridgehead atoms. The molecule has 2 aromatic heterocycles. The Labute approximate surface area is 178 Å². The SMILES string of the molecule is Cc1cc(C)n(-c2ccc(CCNC(=O)Cn3c(=O)[nH]c(=O)c4ccccc43)cc2)n1. The van der Waals surface area contributed by atoms with Crippen molar-refractivity contribution in [3.63, 3.8) is 0 Å². The van der Waals surface area contributed by atoms with Crippen LogP contribution >= 0.6 is 0 Å². The number of H-pyrrole nitrogens is 1. The molecule has 1 amide bonds. The van der Waals surface area contributed by atoms with Gasteiger partial charge in [0.05, 0.1) is 22.3 Å². The second-order valence-corrected chi connectivity index (χ2v) is 7.47. The lowest BCUT2D eigenvalue weighted by Gasteiger charge is -2.10. The molecule has 4 rings (SSSR count). The number of benzene rings is 2. The molecule has 8 nitrogen and oxygen atoms in total. The monoisotopic (exact) mass is 417 g/mol. The number of aromatic nitrogens is 4. The van der Waals surface area contributed by atoms with Crippen LogP contribution < -0.4 is 16.6 Å². The van der Waals surface area contributed by atoms with Crippen LogP contribution in [0.3, 0.4) is 0 Å². The van der Waals surface area contributed by atoms with Crippen molar-refractivity contribution in [3.05, 3.63) is 92.4 Å². The summed E-state index contributed by atoms with van der Waals surface area (Å²) in [4.78, 5) is 38.8. The van der Waals surface area contributed by atoms with E-state index in [0.29, 0.717) is 23.9 Å². The molecule has 0 saturated carbocycles. The summed E-state index contributed by atoms with van der Waals surface area (Å²) in [6.45, 7) is 4.26. The molecule has 0 saturated heterocycles. The summed E-state index contributed by atoms with van der Waals surface area (Å²) in [5.41, 5.74) is 3.49. The van der Waals surface area contributed by atoms with Gasteiger partial charge in [0, 0.05) is 12.2 Å². The highest BCUT2D eigenvalue weighted by Gasteiger charge is 2.10. The largest absolute Gasteiger partial charge is 0.354 e. The summed E-state index contributed by atoms with van der Waals surface area (Å²) < 4.78 is 3.17. The van der Waals surface area contributed by atoms with E-state index in [9.17, 15) is 14.4 Å². The van der Waals surface area contributed by atoms with Gasteiger partial charge in [0.1, 0.15) is 6.54 Å². The maximum absolute atomic E-state index is 12.4. The van der Waals surface area contributed by atoms with Gasteiger partial charge in [-0.15, -0.1) is 0 Å². The molecule has 2 N–H and O–H groups in total. The van der Waals surface area contributed by atoms with Gasteiger partial charge in [-0.2, -0.15) is 5.10 Å². The summed E-state index contributed by atoms with van der Waals surface area (Å²) in [5, 5.41) is 7.69. The van der Waals surface area contributed by atoms with Crippen LogP contribution in [-0.2, 0) is 17.8 Å². The number of carbonyl (C=O) groups excluding carboxylic acids is 1. The Morgan fingerprint density at radius 3 is 2.52 bits per heavy atom. The smallest absolute Gasteiger partial charge is 0.329 e. The number of hydrogen-bond donors (Lipinski definition) is 2. The zero-order valence-electron chi connectivity index (χ0n) is 17.4. The minimum atomic E-state index is -0.599. The number of nitrogens with one attached hydrogen (secondary N) is 2. The van der Waals surface area contributed by atoms with Crippen LogP contribution in [-0.4, -0.2) is 31.8 Å². The maximum atomic E-state index is 12.4. The predicted octanol–water partition coefficient (Wildman–Crippen LogP) is 1.85. The fraction of sp³-hybridized carbons (Fsp3) is 0.217. The third kappa shape index (κ3) is 4.32. The van der Waals surface area contributed by atoms with E-state index in [2.05, 4.69) is 15.4 Å². The van der Waals surface area contributed by atoms with E-state index >= 15 is 0 Å². The molecule has 2 aromatic carbocycles. The number of aromatic amines is 1. The molecule has 31 heavy (non-hydrogen) atoms. The summed E-state index contributed by atoms with van der Waals surface area (Å²) >= 11 is 0. The van der Waals surface area contributed by atoms with Crippen molar-refractivity contribution < 1.29 is 4.79 Å². The van der Waals surface area contributed by atoms with E-state index in [-0.39, 0.29) is 12.5 Å². The van der Waals surface area contributed by atoms with Crippen molar-refractivity contribution in [2.45, 2.75) is 26.8 Å². The van der Waals surface area contributed by atoms with Crippen LogP contribution in [0.5, 0.6) is 0 Å². The van der Waals surface area contributed by atoms with Crippen LogP contribution in [0.1, 0.15) is 17.0 Å². The Balaban J connectivity index is 1.38. The van der Waals surface area contributed by atoms with E-state index in [1.165, 1.54) is 4.57 Å². The topological polar surface area (TPSA) is 102 Å². The molecule has 0 aliphatic heterocycles. The van der Waals surface area contributed by atoms with Gasteiger partial charge < -0.3 is 5.32 Å². The number of hydrogen-bond acceptors (Lipinski definition) is 4. The van der Waals surface area contributed by atoms with Crippen molar-refractivity contribution >= 4 is 16.8 Å². The highest BCUT2D eigenvalue weighted by atomic mass is 16.2. The van der Waals surface area contributed by atoms with Crippen molar-refractivity contribution in [2.24, 2.45) is 0 Å². The molecule has 8 heteroatoms. The Kier molecular flexibility index (Phi) is 5.53. The average molecular weight is 417 g/mol. The van der Waals surface area contributed by atoms with Gasteiger partial charge >= 0.3 is 5.69 Å². The fourth-order valence-electron chi connectivity index (χ4n) is 3.64. The normalized spacial score (nSPS) is 11.0. The maximum Gasteiger partial charge on any atom is 0.329 e. The zero-order chi connectivity index (χ0) is 22.0. The molecule has 158 valence electrons. The summed E-state index contributed by atoms with van der Waals surface area (Å²) in [6.07, 6.45) is 0.657. The first-order valence-corrected chi connectivity index (χ1v) is 10.0. The van der Waals surface area contributed by atoms with Gasteiger partial charge in [0.15, 0.2) is 0 Å². The van der Waals surface area contributed by atoms with Crippen molar-refractivity contribution in [1.29, 1.82) is 0 Å². The molecule has 0 radical (unpaired) electrons. The van der Waals surface area contributed by atoms with Crippen LogP contribution in [0, 0.1) is 13.8 Å². The minimum absolute atomic E-state index is 0.160. The Morgan fingerprint density at radius 2 is 1.81 bits per heavy atom. The van der Waals surface area contributed by atoms with Gasteiger partial charge in [-0.1, -0.05) is 24.3 Å². The first-order chi connectivity index (χ1) is 14.9. The number of rotatable bonds is 6. The first kappa shape index (κ1) is 20.3. The quantitative estimate of drug-likeness (QED) is 0.500. The lowest BCUT2D eigenvalue weighted by atomic mass is 10.1. The van der Waals surface area contributed by atoms with Crippen LogP contribution in [0.4, 0.5) is 0 Å². The predicted molar refractivity (Wildman–Crippen MR) is 119 cm³/mol. The van der Waals surface area contributed by atoms with Crippen LogP contribution in [0.2, 0.25) is 0 Å². The lowest BCUT2D eigenvalue weighted by molar-refractivity contribution is -0.121. The van der Waals surface area contributed by atoms with Crippen LogP contribution in [0.25, 0.3) is 16.6 Å². The third-order valence-electron chi connectivity index (χ3n) is 5.13. The molecule has 0 aliphatic rings. The molecule has 0 atom stereocenters. The minimum Gasteiger partial charge on any atom is -0.354 e. The number of nitrogens with zero attached hydrogens (tertiary/aromatic N) is 3. The Bertz CT molecular complexity index is 1360. The van der Waals surface area contributed by atoms with Gasteiger partial charge in [-0.05, 0) is 56.2 Å². The highest BCUT2D eigenvalue weighted by molar-refractivity contribution is 5.81. The zero-order valence-corrected chi connectivity index (χ0v) is 17.4. The lowest BCUT2D eigenvalue weighted by Crippen LogP contribution is -2.36. The number of carbonyl (C=O) groups is 1. The number of aryl methyl sites for hydroxylation is 2. The second-order valence-electron chi connectivity index (χ2n) is 7.47. The van der Waals surface area contributed by atoms with Crippen molar-refractivity contribution in [3.8, 4) is 5.69 Å².